The lowest BCUT2D eigenvalue weighted by atomic mass is 10.0. The molecule has 0 radical (unpaired) electrons. The molecule has 0 fully saturated rings. The summed E-state index contributed by atoms with van der Waals surface area (Å²) in [5.74, 6) is 0.311. The van der Waals surface area contributed by atoms with Gasteiger partial charge in [0.1, 0.15) is 5.75 Å². The first-order valence-corrected chi connectivity index (χ1v) is 8.94. The van der Waals surface area contributed by atoms with Gasteiger partial charge in [-0.2, -0.15) is 0 Å². The summed E-state index contributed by atoms with van der Waals surface area (Å²) in [6.07, 6.45) is -0.673. The van der Waals surface area contributed by atoms with Gasteiger partial charge >= 0.3 is 5.76 Å². The Labute approximate surface area is 157 Å². The third kappa shape index (κ3) is 3.89. The molecule has 1 atom stereocenters. The normalized spacial score (nSPS) is 12.4. The summed E-state index contributed by atoms with van der Waals surface area (Å²) in [6, 6.07) is 11.1. The second-order valence-electron chi connectivity index (χ2n) is 7.05. The number of oxazole rings is 1. The Morgan fingerprint density at radius 1 is 1.15 bits per heavy atom. The number of benzene rings is 2. The van der Waals surface area contributed by atoms with Crippen LogP contribution in [0.2, 0.25) is 0 Å². The van der Waals surface area contributed by atoms with Crippen LogP contribution in [0.25, 0.3) is 11.1 Å². The van der Waals surface area contributed by atoms with Gasteiger partial charge in [-0.3, -0.25) is 9.36 Å². The number of amides is 1. The van der Waals surface area contributed by atoms with Gasteiger partial charge in [0.25, 0.3) is 5.91 Å². The maximum Gasteiger partial charge on any atom is 0.419 e. The molecule has 27 heavy (non-hydrogen) atoms. The van der Waals surface area contributed by atoms with Gasteiger partial charge in [-0.25, -0.2) is 4.79 Å². The molecule has 1 amide bonds. The fourth-order valence-electron chi connectivity index (χ4n) is 2.91. The summed E-state index contributed by atoms with van der Waals surface area (Å²) in [7, 11) is 1.62. The molecule has 1 N–H and O–H groups in total. The van der Waals surface area contributed by atoms with Crippen molar-refractivity contribution in [2.24, 2.45) is 7.05 Å². The first-order valence-electron chi connectivity index (χ1n) is 8.94. The van der Waals surface area contributed by atoms with Gasteiger partial charge in [-0.1, -0.05) is 26.0 Å². The quantitative estimate of drug-likeness (QED) is 0.739. The van der Waals surface area contributed by atoms with Crippen LogP contribution in [-0.2, 0) is 11.8 Å². The molecule has 1 aromatic heterocycles. The Bertz CT molecular complexity index is 1050. The lowest BCUT2D eigenvalue weighted by molar-refractivity contribution is -0.122. The molecule has 1 unspecified atom stereocenters. The van der Waals surface area contributed by atoms with Crippen molar-refractivity contribution >= 4 is 22.7 Å². The minimum absolute atomic E-state index is 0.265. The minimum Gasteiger partial charge on any atom is -0.481 e. The van der Waals surface area contributed by atoms with Crippen LogP contribution in [0, 0.1) is 6.92 Å². The van der Waals surface area contributed by atoms with Crippen LogP contribution in [0.3, 0.4) is 0 Å². The highest BCUT2D eigenvalue weighted by Crippen LogP contribution is 2.28. The van der Waals surface area contributed by atoms with Gasteiger partial charge in [0, 0.05) is 12.7 Å². The van der Waals surface area contributed by atoms with E-state index >= 15 is 0 Å². The number of aromatic nitrogens is 1. The first kappa shape index (κ1) is 18.8. The zero-order valence-electron chi connectivity index (χ0n) is 16.2. The van der Waals surface area contributed by atoms with Crippen LogP contribution in [0.4, 0.5) is 5.69 Å². The van der Waals surface area contributed by atoms with Crippen molar-refractivity contribution in [3.05, 3.63) is 58.1 Å². The molecule has 0 aliphatic carbocycles. The molecule has 0 bridgehead atoms. The average Bonchev–Trinajstić information content (AvgIpc) is 2.89. The molecule has 142 valence electrons. The van der Waals surface area contributed by atoms with Crippen molar-refractivity contribution in [2.75, 3.05) is 5.32 Å². The van der Waals surface area contributed by atoms with E-state index in [9.17, 15) is 9.59 Å². The van der Waals surface area contributed by atoms with Gasteiger partial charge in [0.2, 0.25) is 0 Å². The highest BCUT2D eigenvalue weighted by atomic mass is 16.5. The highest BCUT2D eigenvalue weighted by Gasteiger charge is 2.18. The summed E-state index contributed by atoms with van der Waals surface area (Å²) < 4.78 is 12.4. The maximum absolute atomic E-state index is 12.6. The number of hydrogen-bond acceptors (Lipinski definition) is 4. The number of rotatable bonds is 5. The fourth-order valence-corrected chi connectivity index (χ4v) is 2.91. The zero-order valence-corrected chi connectivity index (χ0v) is 16.2. The van der Waals surface area contributed by atoms with E-state index in [1.165, 1.54) is 4.57 Å². The number of carbonyl (C=O) groups is 1. The molecule has 6 nitrogen and oxygen atoms in total. The topological polar surface area (TPSA) is 73.5 Å². The highest BCUT2D eigenvalue weighted by molar-refractivity contribution is 5.95. The van der Waals surface area contributed by atoms with Gasteiger partial charge in [0.15, 0.2) is 11.7 Å². The van der Waals surface area contributed by atoms with E-state index in [1.54, 1.807) is 32.2 Å². The molecule has 0 saturated carbocycles. The number of hydrogen-bond donors (Lipinski definition) is 1. The first-order chi connectivity index (χ1) is 12.8. The predicted octanol–water partition coefficient (Wildman–Crippen LogP) is 3.97. The van der Waals surface area contributed by atoms with E-state index in [4.69, 9.17) is 9.15 Å². The van der Waals surface area contributed by atoms with E-state index in [0.717, 1.165) is 16.9 Å². The summed E-state index contributed by atoms with van der Waals surface area (Å²) in [5, 5.41) is 2.83. The number of carbonyl (C=O) groups excluding carboxylic acids is 1. The van der Waals surface area contributed by atoms with Gasteiger partial charge in [-0.15, -0.1) is 0 Å². The largest absolute Gasteiger partial charge is 0.481 e. The SMILES string of the molecule is Cc1ccc(C(C)C)c(OC(C)C(=O)Nc2ccc3oc(=O)n(C)c3c2)c1. The van der Waals surface area contributed by atoms with Crippen molar-refractivity contribution < 1.29 is 13.9 Å². The third-order valence-electron chi connectivity index (χ3n) is 4.52. The molecule has 3 rings (SSSR count). The molecule has 1 heterocycles. The summed E-state index contributed by atoms with van der Waals surface area (Å²) in [6.45, 7) is 7.89. The van der Waals surface area contributed by atoms with Crippen molar-refractivity contribution in [1.29, 1.82) is 0 Å². The van der Waals surface area contributed by atoms with Crippen LogP contribution in [0.5, 0.6) is 5.75 Å². The van der Waals surface area contributed by atoms with Crippen LogP contribution in [-0.4, -0.2) is 16.6 Å². The number of nitrogens with zero attached hydrogens (tertiary/aromatic N) is 1. The van der Waals surface area contributed by atoms with E-state index < -0.39 is 11.9 Å². The van der Waals surface area contributed by atoms with Gasteiger partial charge in [0.05, 0.1) is 5.52 Å². The zero-order chi connectivity index (χ0) is 19.7. The predicted molar refractivity (Wildman–Crippen MR) is 105 cm³/mol. The Hall–Kier alpha value is -3.02. The smallest absolute Gasteiger partial charge is 0.419 e. The van der Waals surface area contributed by atoms with Crippen LogP contribution >= 0.6 is 0 Å². The van der Waals surface area contributed by atoms with Crippen molar-refractivity contribution in [3.8, 4) is 5.75 Å². The lowest BCUT2D eigenvalue weighted by Gasteiger charge is -2.19. The molecular weight excluding hydrogens is 344 g/mol. The van der Waals surface area contributed by atoms with Crippen LogP contribution < -0.4 is 15.8 Å². The average molecular weight is 368 g/mol. The summed E-state index contributed by atoms with van der Waals surface area (Å²) in [4.78, 5) is 24.2. The second-order valence-corrected chi connectivity index (χ2v) is 7.05. The summed E-state index contributed by atoms with van der Waals surface area (Å²) >= 11 is 0. The van der Waals surface area contributed by atoms with Gasteiger partial charge < -0.3 is 14.5 Å². The second kappa shape index (κ2) is 7.31. The van der Waals surface area contributed by atoms with E-state index in [1.807, 2.05) is 25.1 Å². The van der Waals surface area contributed by atoms with Crippen LogP contribution in [0.1, 0.15) is 37.8 Å². The molecular formula is C21H24N2O4. The maximum atomic E-state index is 12.6. The summed E-state index contributed by atoms with van der Waals surface area (Å²) in [5.41, 5.74) is 3.81. The molecule has 6 heteroatoms. The minimum atomic E-state index is -0.673. The number of ether oxygens (including phenoxy) is 1. The van der Waals surface area contributed by atoms with Crippen molar-refractivity contribution in [3.63, 3.8) is 0 Å². The van der Waals surface area contributed by atoms with Crippen molar-refractivity contribution in [1.82, 2.24) is 4.57 Å². The third-order valence-corrected chi connectivity index (χ3v) is 4.52. The van der Waals surface area contributed by atoms with E-state index in [0.29, 0.717) is 22.7 Å². The number of anilines is 1. The number of aryl methyl sites for hydroxylation is 2. The lowest BCUT2D eigenvalue weighted by Crippen LogP contribution is -2.30. The number of fused-ring (bicyclic) bond motifs is 1. The van der Waals surface area contributed by atoms with E-state index in [-0.39, 0.29) is 5.91 Å². The van der Waals surface area contributed by atoms with Crippen LogP contribution in [0.15, 0.2) is 45.6 Å². The molecule has 0 aliphatic heterocycles. The molecule has 0 spiro atoms. The molecule has 0 aliphatic rings. The Balaban J connectivity index is 1.78. The molecule has 3 aromatic rings. The Morgan fingerprint density at radius 3 is 2.59 bits per heavy atom. The van der Waals surface area contributed by atoms with Gasteiger partial charge in [-0.05, 0) is 55.2 Å². The molecule has 0 saturated heterocycles. The standard InChI is InChI=1S/C21H24N2O4/c1-12(2)16-8-6-13(3)10-19(16)26-14(4)20(24)22-15-7-9-18-17(11-15)23(5)21(25)27-18/h6-12,14H,1-5H3,(H,22,24). The van der Waals surface area contributed by atoms with Crippen molar-refractivity contribution in [2.45, 2.75) is 39.7 Å². The monoisotopic (exact) mass is 368 g/mol. The molecule has 2 aromatic carbocycles. The number of nitrogens with one attached hydrogen (secondary N) is 1. The van der Waals surface area contributed by atoms with E-state index in [2.05, 4.69) is 19.2 Å². The Morgan fingerprint density at radius 2 is 1.89 bits per heavy atom. The fraction of sp³-hybridized carbons (Fsp3) is 0.333. The Kier molecular flexibility index (Phi) is 5.08.